The summed E-state index contributed by atoms with van der Waals surface area (Å²) in [5.74, 6) is 0.730. The first-order valence-corrected chi connectivity index (χ1v) is 7.40. The average molecular weight is 438 g/mol. The van der Waals surface area contributed by atoms with Crippen LogP contribution < -0.4 is 9.47 Å². The van der Waals surface area contributed by atoms with Gasteiger partial charge in [0.15, 0.2) is 0 Å². The molecule has 1 aromatic heterocycles. The number of ether oxygens (including phenoxy) is 2. The van der Waals surface area contributed by atoms with Crippen molar-refractivity contribution in [3.63, 3.8) is 0 Å². The maximum Gasteiger partial charge on any atom is 0.331 e. The molecule has 0 amide bonds. The zero-order valence-corrected chi connectivity index (χ0v) is 14.4. The third kappa shape index (κ3) is 3.63. The van der Waals surface area contributed by atoms with Crippen LogP contribution in [0.3, 0.4) is 0 Å². The standard InChI is InChI=1S/C12H7Br2ClN2O4/c1-20-9-4-7(14)10(5-6(9)13)21-12-8(17(18)19)2-3-11(15)16-12/h2-5H,1H3. The number of aromatic nitrogens is 1. The van der Waals surface area contributed by atoms with Gasteiger partial charge in [-0.2, -0.15) is 4.98 Å². The minimum absolute atomic E-state index is 0.0966. The van der Waals surface area contributed by atoms with Crippen molar-refractivity contribution >= 4 is 49.1 Å². The van der Waals surface area contributed by atoms with Crippen LogP contribution in [-0.2, 0) is 0 Å². The summed E-state index contributed by atoms with van der Waals surface area (Å²) in [6, 6.07) is 5.83. The van der Waals surface area contributed by atoms with E-state index >= 15 is 0 Å². The van der Waals surface area contributed by atoms with Crippen LogP contribution in [0, 0.1) is 10.1 Å². The predicted molar refractivity (Wildman–Crippen MR) is 84.4 cm³/mol. The molecule has 1 heterocycles. The third-order valence-corrected chi connectivity index (χ3v) is 3.87. The summed E-state index contributed by atoms with van der Waals surface area (Å²) in [7, 11) is 1.52. The van der Waals surface area contributed by atoms with Crippen LogP contribution >= 0.6 is 43.5 Å². The first-order chi connectivity index (χ1) is 9.92. The molecule has 110 valence electrons. The first kappa shape index (κ1) is 16.0. The van der Waals surface area contributed by atoms with E-state index in [1.807, 2.05) is 0 Å². The Morgan fingerprint density at radius 3 is 2.48 bits per heavy atom. The average Bonchev–Trinajstić information content (AvgIpc) is 2.42. The summed E-state index contributed by atoms with van der Waals surface area (Å²) in [6.07, 6.45) is 0. The molecule has 0 saturated carbocycles. The van der Waals surface area contributed by atoms with Gasteiger partial charge >= 0.3 is 11.6 Å². The lowest BCUT2D eigenvalue weighted by Gasteiger charge is -2.10. The van der Waals surface area contributed by atoms with Crippen molar-refractivity contribution in [3.8, 4) is 17.4 Å². The highest BCUT2D eigenvalue weighted by Crippen LogP contribution is 2.39. The van der Waals surface area contributed by atoms with Crippen LogP contribution in [0.25, 0.3) is 0 Å². The van der Waals surface area contributed by atoms with Crippen LogP contribution in [0.2, 0.25) is 5.15 Å². The summed E-state index contributed by atoms with van der Waals surface area (Å²) in [4.78, 5) is 14.2. The Kier molecular flexibility index (Phi) is 5.02. The van der Waals surface area contributed by atoms with E-state index in [1.165, 1.54) is 19.2 Å². The van der Waals surface area contributed by atoms with E-state index in [4.69, 9.17) is 21.1 Å². The van der Waals surface area contributed by atoms with E-state index in [-0.39, 0.29) is 16.7 Å². The van der Waals surface area contributed by atoms with E-state index < -0.39 is 4.92 Å². The molecular formula is C12H7Br2ClN2O4. The number of hydrogen-bond acceptors (Lipinski definition) is 5. The highest BCUT2D eigenvalue weighted by atomic mass is 79.9. The fourth-order valence-electron chi connectivity index (χ4n) is 1.47. The van der Waals surface area contributed by atoms with Gasteiger partial charge in [0, 0.05) is 6.07 Å². The molecule has 0 aliphatic rings. The van der Waals surface area contributed by atoms with Gasteiger partial charge in [-0.25, -0.2) is 0 Å². The van der Waals surface area contributed by atoms with Gasteiger partial charge in [0.2, 0.25) is 0 Å². The Bertz CT molecular complexity index is 712. The summed E-state index contributed by atoms with van der Waals surface area (Å²) in [5.41, 5.74) is -0.279. The van der Waals surface area contributed by atoms with Crippen molar-refractivity contribution in [2.24, 2.45) is 0 Å². The Hall–Kier alpha value is -1.38. The normalized spacial score (nSPS) is 10.3. The summed E-state index contributed by atoms with van der Waals surface area (Å²) >= 11 is 12.4. The number of halogens is 3. The second kappa shape index (κ2) is 6.59. The SMILES string of the molecule is COc1cc(Br)c(Oc2nc(Cl)ccc2[N+](=O)[O-])cc1Br. The second-order valence-electron chi connectivity index (χ2n) is 3.73. The van der Waals surface area contributed by atoms with Crippen molar-refractivity contribution in [1.82, 2.24) is 4.98 Å². The predicted octanol–water partition coefficient (Wildman–Crippen LogP) is 4.97. The minimum atomic E-state index is -0.592. The van der Waals surface area contributed by atoms with Crippen molar-refractivity contribution in [1.29, 1.82) is 0 Å². The summed E-state index contributed by atoms with van der Waals surface area (Å²) in [6.45, 7) is 0. The number of benzene rings is 1. The van der Waals surface area contributed by atoms with E-state index in [1.54, 1.807) is 12.1 Å². The number of hydrogen-bond donors (Lipinski definition) is 0. The highest BCUT2D eigenvalue weighted by molar-refractivity contribution is 9.11. The molecular weight excluding hydrogens is 431 g/mol. The van der Waals surface area contributed by atoms with E-state index in [9.17, 15) is 10.1 Å². The molecule has 6 nitrogen and oxygen atoms in total. The molecule has 0 atom stereocenters. The number of methoxy groups -OCH3 is 1. The zero-order valence-electron chi connectivity index (χ0n) is 10.5. The van der Waals surface area contributed by atoms with Gasteiger partial charge in [0.1, 0.15) is 16.7 Å². The van der Waals surface area contributed by atoms with Gasteiger partial charge in [-0.05, 0) is 50.1 Å². The fourth-order valence-corrected chi connectivity index (χ4v) is 2.50. The molecule has 0 radical (unpaired) electrons. The van der Waals surface area contributed by atoms with Gasteiger partial charge in [0.05, 0.1) is 21.0 Å². The lowest BCUT2D eigenvalue weighted by Crippen LogP contribution is -1.97. The molecule has 0 N–H and O–H groups in total. The molecule has 2 rings (SSSR count). The molecule has 9 heteroatoms. The number of nitro groups is 1. The Morgan fingerprint density at radius 2 is 1.86 bits per heavy atom. The van der Waals surface area contributed by atoms with Gasteiger partial charge < -0.3 is 9.47 Å². The molecule has 0 fully saturated rings. The van der Waals surface area contributed by atoms with E-state index in [0.717, 1.165) is 0 Å². The third-order valence-electron chi connectivity index (χ3n) is 2.42. The minimum Gasteiger partial charge on any atom is -0.496 e. The largest absolute Gasteiger partial charge is 0.496 e. The molecule has 1 aromatic carbocycles. The molecule has 0 bridgehead atoms. The van der Waals surface area contributed by atoms with Crippen molar-refractivity contribution in [3.05, 3.63) is 48.5 Å². The Balaban J connectivity index is 2.45. The summed E-state index contributed by atoms with van der Waals surface area (Å²) < 4.78 is 11.8. The van der Waals surface area contributed by atoms with E-state index in [2.05, 4.69) is 36.8 Å². The maximum absolute atomic E-state index is 11.0. The Morgan fingerprint density at radius 1 is 1.24 bits per heavy atom. The molecule has 0 unspecified atom stereocenters. The van der Waals surface area contributed by atoms with Gasteiger partial charge in [-0.1, -0.05) is 11.6 Å². The number of pyridine rings is 1. The topological polar surface area (TPSA) is 74.5 Å². The van der Waals surface area contributed by atoms with Crippen LogP contribution in [0.5, 0.6) is 17.4 Å². The van der Waals surface area contributed by atoms with Crippen LogP contribution in [0.15, 0.2) is 33.2 Å². The van der Waals surface area contributed by atoms with Crippen molar-refractivity contribution in [2.45, 2.75) is 0 Å². The molecule has 21 heavy (non-hydrogen) atoms. The fraction of sp³-hybridized carbons (Fsp3) is 0.0833. The van der Waals surface area contributed by atoms with Crippen molar-refractivity contribution < 1.29 is 14.4 Å². The molecule has 0 saturated heterocycles. The number of nitrogens with zero attached hydrogens (tertiary/aromatic N) is 2. The smallest absolute Gasteiger partial charge is 0.331 e. The van der Waals surface area contributed by atoms with Crippen LogP contribution in [-0.4, -0.2) is 17.0 Å². The first-order valence-electron chi connectivity index (χ1n) is 5.44. The quantitative estimate of drug-likeness (QED) is 0.383. The zero-order chi connectivity index (χ0) is 15.6. The second-order valence-corrected chi connectivity index (χ2v) is 5.83. The lowest BCUT2D eigenvalue weighted by atomic mass is 10.3. The maximum atomic E-state index is 11.0. The van der Waals surface area contributed by atoms with Crippen LogP contribution in [0.1, 0.15) is 0 Å². The molecule has 2 aromatic rings. The monoisotopic (exact) mass is 436 g/mol. The molecule has 0 spiro atoms. The summed E-state index contributed by atoms with van der Waals surface area (Å²) in [5, 5.41) is 11.1. The van der Waals surface area contributed by atoms with Gasteiger partial charge in [0.25, 0.3) is 0 Å². The van der Waals surface area contributed by atoms with E-state index in [0.29, 0.717) is 20.4 Å². The molecule has 0 aliphatic carbocycles. The number of rotatable bonds is 4. The lowest BCUT2D eigenvalue weighted by molar-refractivity contribution is -0.386. The highest BCUT2D eigenvalue weighted by Gasteiger charge is 2.20. The van der Waals surface area contributed by atoms with Crippen molar-refractivity contribution in [2.75, 3.05) is 7.11 Å². The molecule has 0 aliphatic heterocycles. The van der Waals surface area contributed by atoms with Crippen LogP contribution in [0.4, 0.5) is 5.69 Å². The van der Waals surface area contributed by atoms with Gasteiger partial charge in [-0.3, -0.25) is 10.1 Å². The van der Waals surface area contributed by atoms with Gasteiger partial charge in [-0.15, -0.1) is 0 Å². The Labute approximate surface area is 141 Å².